The summed E-state index contributed by atoms with van der Waals surface area (Å²) in [5.41, 5.74) is 4.75. The fraction of sp³-hybridized carbons (Fsp3) is 0.333. The van der Waals surface area contributed by atoms with Crippen molar-refractivity contribution in [3.63, 3.8) is 0 Å². The average molecular weight is 320 g/mol. The van der Waals surface area contributed by atoms with E-state index in [4.69, 9.17) is 4.98 Å². The van der Waals surface area contributed by atoms with Crippen LogP contribution in [0.3, 0.4) is 0 Å². The van der Waals surface area contributed by atoms with Gasteiger partial charge >= 0.3 is 0 Å². The number of aromatic nitrogens is 1. The summed E-state index contributed by atoms with van der Waals surface area (Å²) in [7, 11) is 0. The first-order valence-corrected chi connectivity index (χ1v) is 8.69. The van der Waals surface area contributed by atoms with Crippen LogP contribution in [0.4, 0.5) is 5.69 Å². The van der Waals surface area contributed by atoms with Crippen LogP contribution in [0.5, 0.6) is 0 Å². The van der Waals surface area contributed by atoms with E-state index in [-0.39, 0.29) is 5.78 Å². The molecule has 0 radical (unpaired) electrons. The van der Waals surface area contributed by atoms with Crippen molar-refractivity contribution >= 4 is 22.4 Å². The maximum Gasteiger partial charge on any atom is 0.162 e. The van der Waals surface area contributed by atoms with Crippen LogP contribution in [-0.4, -0.2) is 17.3 Å². The lowest BCUT2D eigenvalue weighted by atomic mass is 10.1. The zero-order valence-electron chi connectivity index (χ0n) is 14.6. The van der Waals surface area contributed by atoms with Crippen LogP contribution in [0.2, 0.25) is 0 Å². The van der Waals surface area contributed by atoms with E-state index in [1.54, 1.807) is 0 Å². The Balaban J connectivity index is 2.09. The molecule has 0 bridgehead atoms. The zero-order chi connectivity index (χ0) is 17.1. The third kappa shape index (κ3) is 3.25. The fourth-order valence-corrected chi connectivity index (χ4v) is 2.93. The van der Waals surface area contributed by atoms with Gasteiger partial charge in [-0.05, 0) is 24.5 Å². The van der Waals surface area contributed by atoms with E-state index in [0.717, 1.165) is 46.4 Å². The number of benzene rings is 1. The molecule has 124 valence electrons. The highest BCUT2D eigenvalue weighted by molar-refractivity contribution is 6.04. The molecule has 1 aliphatic carbocycles. The highest BCUT2D eigenvalue weighted by Gasteiger charge is 2.15. The van der Waals surface area contributed by atoms with E-state index in [1.165, 1.54) is 0 Å². The minimum absolute atomic E-state index is 0.181. The van der Waals surface area contributed by atoms with Gasteiger partial charge in [0.1, 0.15) is 0 Å². The molecule has 0 amide bonds. The van der Waals surface area contributed by atoms with Crippen molar-refractivity contribution in [3.8, 4) is 11.3 Å². The second-order valence-electron chi connectivity index (χ2n) is 6.69. The Kier molecular flexibility index (Phi) is 4.79. The van der Waals surface area contributed by atoms with Crippen molar-refractivity contribution < 1.29 is 4.79 Å². The van der Waals surface area contributed by atoms with Crippen molar-refractivity contribution in [2.24, 2.45) is 5.92 Å². The number of anilines is 1. The average Bonchev–Trinajstić information content (AvgIpc) is 2.76. The highest BCUT2D eigenvalue weighted by atomic mass is 16.1. The normalized spacial score (nSPS) is 11.3. The summed E-state index contributed by atoms with van der Waals surface area (Å²) in [4.78, 5) is 17.1. The topological polar surface area (TPSA) is 42.0 Å². The number of ketones is 1. The molecule has 1 N–H and O–H groups in total. The molecule has 3 heteroatoms. The number of hydrogen-bond donors (Lipinski definition) is 1. The predicted molar refractivity (Wildman–Crippen MR) is 101 cm³/mol. The Labute approximate surface area is 143 Å². The van der Waals surface area contributed by atoms with Crippen molar-refractivity contribution in [3.05, 3.63) is 48.0 Å². The molecule has 2 aliphatic rings. The zero-order valence-corrected chi connectivity index (χ0v) is 14.6. The lowest BCUT2D eigenvalue weighted by Gasteiger charge is -2.09. The summed E-state index contributed by atoms with van der Waals surface area (Å²) < 4.78 is 0. The Morgan fingerprint density at radius 1 is 1.17 bits per heavy atom. The van der Waals surface area contributed by atoms with E-state index < -0.39 is 0 Å². The fourth-order valence-electron chi connectivity index (χ4n) is 2.93. The smallest absolute Gasteiger partial charge is 0.162 e. The number of carbonyl (C=O) groups excluding carboxylic acids is 1. The second-order valence-corrected chi connectivity index (χ2v) is 6.69. The van der Waals surface area contributed by atoms with Crippen LogP contribution in [0.15, 0.2) is 42.5 Å². The van der Waals surface area contributed by atoms with Gasteiger partial charge in [-0.15, -0.1) is 0 Å². The van der Waals surface area contributed by atoms with Crippen LogP contribution in [0.1, 0.15) is 44.0 Å². The summed E-state index contributed by atoms with van der Waals surface area (Å²) in [5, 5.41) is 4.61. The van der Waals surface area contributed by atoms with E-state index in [1.807, 2.05) is 25.1 Å². The van der Waals surface area contributed by atoms with E-state index in [0.29, 0.717) is 12.3 Å². The van der Waals surface area contributed by atoms with Gasteiger partial charge in [0.2, 0.25) is 0 Å². The first-order valence-electron chi connectivity index (χ1n) is 8.69. The molecular formula is C21H24N2O. The standard InChI is InChI=1S/C21H24N2O/c1-4-7-20(24)15-8-5-9-16-17-10-6-11-18(22-13-14(2)3)21(17)23-19(16)12-15/h5-6,8-12,14,22H,4,7,13H2,1-3H3. The van der Waals surface area contributed by atoms with Crippen molar-refractivity contribution in [2.45, 2.75) is 33.6 Å². The summed E-state index contributed by atoms with van der Waals surface area (Å²) in [5.74, 6) is 0.751. The summed E-state index contributed by atoms with van der Waals surface area (Å²) in [6.07, 6.45) is 1.44. The van der Waals surface area contributed by atoms with Crippen LogP contribution < -0.4 is 5.32 Å². The summed E-state index contributed by atoms with van der Waals surface area (Å²) >= 11 is 0. The maximum absolute atomic E-state index is 12.2. The highest BCUT2D eigenvalue weighted by Crippen LogP contribution is 2.34. The monoisotopic (exact) mass is 320 g/mol. The van der Waals surface area contributed by atoms with Gasteiger partial charge in [0.25, 0.3) is 0 Å². The van der Waals surface area contributed by atoms with Crippen LogP contribution in [-0.2, 0) is 0 Å². The molecule has 0 fully saturated rings. The predicted octanol–water partition coefficient (Wildman–Crippen LogP) is 5.39. The molecule has 1 heterocycles. The molecule has 0 unspecified atom stereocenters. The largest absolute Gasteiger partial charge is 0.383 e. The Morgan fingerprint density at radius 3 is 2.71 bits per heavy atom. The van der Waals surface area contributed by atoms with Gasteiger partial charge in [-0.2, -0.15) is 0 Å². The number of Topliss-reactive ketones (excluding diaryl/α,β-unsaturated/α-hetero) is 1. The number of nitrogens with zero attached hydrogens (tertiary/aromatic N) is 1. The lowest BCUT2D eigenvalue weighted by molar-refractivity contribution is 0.0982. The minimum Gasteiger partial charge on any atom is -0.383 e. The molecule has 1 aromatic rings. The molecule has 1 aromatic carbocycles. The van der Waals surface area contributed by atoms with Crippen LogP contribution in [0, 0.1) is 5.92 Å². The molecule has 0 aromatic heterocycles. The molecular weight excluding hydrogens is 296 g/mol. The van der Waals surface area contributed by atoms with Crippen LogP contribution in [0.25, 0.3) is 22.2 Å². The Morgan fingerprint density at radius 2 is 1.96 bits per heavy atom. The molecule has 0 saturated carbocycles. The number of rotatable bonds is 6. The van der Waals surface area contributed by atoms with Gasteiger partial charge < -0.3 is 5.32 Å². The van der Waals surface area contributed by atoms with Gasteiger partial charge in [-0.25, -0.2) is 4.98 Å². The molecule has 3 nitrogen and oxygen atoms in total. The van der Waals surface area contributed by atoms with Crippen molar-refractivity contribution in [1.82, 2.24) is 4.98 Å². The first kappa shape index (κ1) is 16.4. The SMILES string of the molecule is CCCC(=O)c1cccc2c3cccc(NCC(C)C)c3nc-2c1. The minimum atomic E-state index is 0.181. The molecule has 3 rings (SSSR count). The Hall–Kier alpha value is -2.42. The van der Waals surface area contributed by atoms with E-state index in [9.17, 15) is 4.79 Å². The van der Waals surface area contributed by atoms with Gasteiger partial charge in [0.05, 0.1) is 16.9 Å². The van der Waals surface area contributed by atoms with Gasteiger partial charge in [-0.3, -0.25) is 4.79 Å². The molecule has 24 heavy (non-hydrogen) atoms. The number of para-hydroxylation sites is 1. The number of nitrogens with one attached hydrogen (secondary N) is 1. The molecule has 0 spiro atoms. The lowest BCUT2D eigenvalue weighted by Crippen LogP contribution is -2.07. The number of carbonyl (C=O) groups is 1. The molecule has 0 atom stereocenters. The van der Waals surface area contributed by atoms with Gasteiger partial charge in [0.15, 0.2) is 5.78 Å². The second kappa shape index (κ2) is 7.00. The first-order chi connectivity index (χ1) is 11.6. The van der Waals surface area contributed by atoms with Gasteiger partial charge in [-0.1, -0.05) is 51.1 Å². The quantitative estimate of drug-likeness (QED) is 0.619. The summed E-state index contributed by atoms with van der Waals surface area (Å²) in [6, 6.07) is 14.1. The van der Waals surface area contributed by atoms with Crippen LogP contribution >= 0.6 is 0 Å². The number of fused-ring (bicyclic) bond motifs is 3. The maximum atomic E-state index is 12.2. The van der Waals surface area contributed by atoms with E-state index in [2.05, 4.69) is 43.4 Å². The third-order valence-electron chi connectivity index (χ3n) is 4.17. The number of hydrogen-bond acceptors (Lipinski definition) is 3. The van der Waals surface area contributed by atoms with Crippen molar-refractivity contribution in [2.75, 3.05) is 11.9 Å². The Bertz CT molecular complexity index is 839. The molecule has 1 aliphatic heterocycles. The molecule has 0 saturated heterocycles. The third-order valence-corrected chi connectivity index (χ3v) is 4.17. The van der Waals surface area contributed by atoms with E-state index >= 15 is 0 Å². The summed E-state index contributed by atoms with van der Waals surface area (Å²) in [6.45, 7) is 7.32. The van der Waals surface area contributed by atoms with Gasteiger partial charge in [0, 0.05) is 29.5 Å². The van der Waals surface area contributed by atoms with Crippen molar-refractivity contribution in [1.29, 1.82) is 0 Å².